The fourth-order valence-electron chi connectivity index (χ4n) is 5.01. The summed E-state index contributed by atoms with van der Waals surface area (Å²) in [5.74, 6) is 1.92. The summed E-state index contributed by atoms with van der Waals surface area (Å²) in [4.78, 5) is 23.4. The first kappa shape index (κ1) is 24.1. The van der Waals surface area contributed by atoms with E-state index in [4.69, 9.17) is 15.6 Å². The molecule has 2 aromatic heterocycles. The third kappa shape index (κ3) is 4.97. The highest BCUT2D eigenvalue weighted by molar-refractivity contribution is 5.98. The fourth-order valence-corrected chi connectivity index (χ4v) is 5.01. The van der Waals surface area contributed by atoms with Crippen LogP contribution in [0.15, 0.2) is 73.1 Å². The standard InChI is InChI=1S/C29H31N7O2/c30-28-26-27(20-11-13-24(14-12-20)38-23-8-2-1-3-9-23)34-36(29(26)33-19-32-28)22-15-17-35(18-22)25(37)10-5-16-31-21-6-4-7-21/h1-3,5,8-14,19,21-22,31H,4,6-7,15-18H2,(H2,30,32,33). The van der Waals surface area contributed by atoms with E-state index >= 15 is 0 Å². The van der Waals surface area contributed by atoms with Crippen molar-refractivity contribution in [3.8, 4) is 22.8 Å². The summed E-state index contributed by atoms with van der Waals surface area (Å²) in [6, 6.07) is 18.0. The second-order valence-electron chi connectivity index (χ2n) is 9.86. The number of aromatic nitrogens is 4. The van der Waals surface area contributed by atoms with Crippen LogP contribution in [0.4, 0.5) is 5.82 Å². The Morgan fingerprint density at radius 2 is 1.84 bits per heavy atom. The SMILES string of the molecule is Nc1ncnc2c1c(-c1ccc(Oc3ccccc3)cc1)nn2C1CCN(C(=O)C=CCNC2CCC2)C1. The Balaban J connectivity index is 1.20. The lowest BCUT2D eigenvalue weighted by Gasteiger charge is -2.25. The number of ether oxygens (including phenoxy) is 1. The highest BCUT2D eigenvalue weighted by Crippen LogP contribution is 2.35. The number of hydrogen-bond acceptors (Lipinski definition) is 7. The minimum absolute atomic E-state index is 0.00619. The van der Waals surface area contributed by atoms with Gasteiger partial charge in [0.15, 0.2) is 5.65 Å². The first-order valence-electron chi connectivity index (χ1n) is 13.2. The van der Waals surface area contributed by atoms with Gasteiger partial charge in [-0.25, -0.2) is 14.6 Å². The quantitative estimate of drug-likeness (QED) is 0.340. The van der Waals surface area contributed by atoms with Crippen molar-refractivity contribution in [2.24, 2.45) is 0 Å². The van der Waals surface area contributed by atoms with Gasteiger partial charge in [0.1, 0.15) is 29.3 Å². The van der Waals surface area contributed by atoms with E-state index < -0.39 is 0 Å². The number of fused-ring (bicyclic) bond motifs is 1. The predicted molar refractivity (Wildman–Crippen MR) is 147 cm³/mol. The molecular formula is C29H31N7O2. The van der Waals surface area contributed by atoms with Crippen LogP contribution in [-0.2, 0) is 4.79 Å². The van der Waals surface area contributed by atoms with Crippen molar-refractivity contribution in [3.05, 3.63) is 73.1 Å². The number of amides is 1. The highest BCUT2D eigenvalue weighted by Gasteiger charge is 2.30. The molecule has 3 heterocycles. The van der Waals surface area contributed by atoms with Crippen molar-refractivity contribution in [1.29, 1.82) is 0 Å². The van der Waals surface area contributed by atoms with E-state index in [1.807, 2.05) is 70.3 Å². The van der Waals surface area contributed by atoms with Gasteiger partial charge >= 0.3 is 0 Å². The number of likely N-dealkylation sites (tertiary alicyclic amines) is 1. The van der Waals surface area contributed by atoms with Crippen LogP contribution >= 0.6 is 0 Å². The van der Waals surface area contributed by atoms with Crippen LogP contribution in [0, 0.1) is 0 Å². The number of nitrogens with two attached hydrogens (primary N) is 1. The zero-order valence-electron chi connectivity index (χ0n) is 21.2. The highest BCUT2D eigenvalue weighted by atomic mass is 16.5. The Morgan fingerprint density at radius 1 is 1.05 bits per heavy atom. The maximum absolute atomic E-state index is 12.8. The first-order chi connectivity index (χ1) is 18.7. The summed E-state index contributed by atoms with van der Waals surface area (Å²) in [6.07, 6.45) is 9.62. The Morgan fingerprint density at radius 3 is 2.61 bits per heavy atom. The van der Waals surface area contributed by atoms with E-state index in [0.29, 0.717) is 30.6 Å². The third-order valence-electron chi connectivity index (χ3n) is 7.34. The molecule has 38 heavy (non-hydrogen) atoms. The molecule has 4 aromatic rings. The summed E-state index contributed by atoms with van der Waals surface area (Å²) in [6.45, 7) is 1.97. The Hall–Kier alpha value is -4.24. The monoisotopic (exact) mass is 509 g/mol. The normalized spacial score (nSPS) is 17.8. The molecule has 6 rings (SSSR count). The molecule has 194 valence electrons. The van der Waals surface area contributed by atoms with E-state index in [-0.39, 0.29) is 11.9 Å². The van der Waals surface area contributed by atoms with Crippen LogP contribution in [0.5, 0.6) is 11.5 Å². The van der Waals surface area contributed by atoms with Crippen LogP contribution in [0.2, 0.25) is 0 Å². The number of carbonyl (C=O) groups is 1. The number of benzene rings is 2. The molecular weight excluding hydrogens is 478 g/mol. The molecule has 1 saturated heterocycles. The summed E-state index contributed by atoms with van der Waals surface area (Å²) < 4.78 is 7.84. The van der Waals surface area contributed by atoms with Gasteiger partial charge in [-0.15, -0.1) is 0 Å². The third-order valence-corrected chi connectivity index (χ3v) is 7.34. The molecule has 2 fully saturated rings. The minimum atomic E-state index is 0.00619. The average molecular weight is 510 g/mol. The number of rotatable bonds is 8. The molecule has 0 radical (unpaired) electrons. The number of para-hydroxylation sites is 1. The largest absolute Gasteiger partial charge is 0.457 e. The topological polar surface area (TPSA) is 111 Å². The minimum Gasteiger partial charge on any atom is -0.457 e. The van der Waals surface area contributed by atoms with Crippen LogP contribution in [-0.4, -0.2) is 56.2 Å². The van der Waals surface area contributed by atoms with Crippen molar-refractivity contribution < 1.29 is 9.53 Å². The number of nitrogens with one attached hydrogen (secondary N) is 1. The van der Waals surface area contributed by atoms with Crippen LogP contribution in [0.25, 0.3) is 22.3 Å². The van der Waals surface area contributed by atoms with Crippen molar-refractivity contribution in [2.45, 2.75) is 37.8 Å². The summed E-state index contributed by atoms with van der Waals surface area (Å²) in [5.41, 5.74) is 8.60. The average Bonchev–Trinajstić information content (AvgIpc) is 3.55. The summed E-state index contributed by atoms with van der Waals surface area (Å²) in [7, 11) is 0. The maximum atomic E-state index is 12.8. The van der Waals surface area contributed by atoms with Crippen LogP contribution in [0.3, 0.4) is 0 Å². The Kier molecular flexibility index (Phi) is 6.75. The van der Waals surface area contributed by atoms with Gasteiger partial charge < -0.3 is 20.7 Å². The second kappa shape index (κ2) is 10.6. The number of hydrogen-bond donors (Lipinski definition) is 2. The number of anilines is 1. The van der Waals surface area contributed by atoms with Gasteiger partial charge in [-0.1, -0.05) is 30.7 Å². The van der Waals surface area contributed by atoms with Gasteiger partial charge in [-0.05, 0) is 55.7 Å². The molecule has 1 saturated carbocycles. The molecule has 1 amide bonds. The van der Waals surface area contributed by atoms with Gasteiger partial charge in [0.25, 0.3) is 0 Å². The molecule has 2 aromatic carbocycles. The molecule has 1 atom stereocenters. The number of nitrogen functional groups attached to an aromatic ring is 1. The van der Waals surface area contributed by atoms with Crippen molar-refractivity contribution >= 4 is 22.8 Å². The molecule has 3 N–H and O–H groups in total. The molecule has 2 aliphatic rings. The molecule has 9 heteroatoms. The zero-order valence-corrected chi connectivity index (χ0v) is 21.2. The predicted octanol–water partition coefficient (Wildman–Crippen LogP) is 4.34. The lowest BCUT2D eigenvalue weighted by molar-refractivity contribution is -0.125. The lowest BCUT2D eigenvalue weighted by Crippen LogP contribution is -2.35. The van der Waals surface area contributed by atoms with E-state index in [2.05, 4.69) is 15.3 Å². The van der Waals surface area contributed by atoms with Crippen LogP contribution in [0.1, 0.15) is 31.7 Å². The lowest BCUT2D eigenvalue weighted by atomic mass is 9.93. The maximum Gasteiger partial charge on any atom is 0.246 e. The Labute approximate surface area is 221 Å². The molecule has 1 unspecified atom stereocenters. The van der Waals surface area contributed by atoms with Crippen molar-refractivity contribution in [3.63, 3.8) is 0 Å². The Bertz CT molecular complexity index is 1450. The molecule has 1 aliphatic carbocycles. The first-order valence-corrected chi connectivity index (χ1v) is 13.2. The van der Waals surface area contributed by atoms with Gasteiger partial charge in [-0.3, -0.25) is 4.79 Å². The summed E-state index contributed by atoms with van der Waals surface area (Å²) >= 11 is 0. The molecule has 0 spiro atoms. The molecule has 1 aliphatic heterocycles. The van der Waals surface area contributed by atoms with Crippen molar-refractivity contribution in [2.75, 3.05) is 25.4 Å². The van der Waals surface area contributed by atoms with E-state index in [0.717, 1.165) is 41.1 Å². The van der Waals surface area contributed by atoms with E-state index in [1.54, 1.807) is 6.08 Å². The fraction of sp³-hybridized carbons (Fsp3) is 0.310. The van der Waals surface area contributed by atoms with Crippen molar-refractivity contribution in [1.82, 2.24) is 30.0 Å². The van der Waals surface area contributed by atoms with Gasteiger partial charge in [0.2, 0.25) is 5.91 Å². The number of nitrogens with zero attached hydrogens (tertiary/aromatic N) is 5. The van der Waals surface area contributed by atoms with Crippen LogP contribution < -0.4 is 15.8 Å². The van der Waals surface area contributed by atoms with E-state index in [1.165, 1.54) is 25.6 Å². The number of carbonyl (C=O) groups excluding carboxylic acids is 1. The second-order valence-corrected chi connectivity index (χ2v) is 9.86. The van der Waals surface area contributed by atoms with Gasteiger partial charge in [-0.2, -0.15) is 5.10 Å². The molecule has 9 nitrogen and oxygen atoms in total. The smallest absolute Gasteiger partial charge is 0.246 e. The van der Waals surface area contributed by atoms with Gasteiger partial charge in [0, 0.05) is 37.3 Å². The zero-order chi connectivity index (χ0) is 25.9. The molecule has 0 bridgehead atoms. The summed E-state index contributed by atoms with van der Waals surface area (Å²) in [5, 5.41) is 9.12. The van der Waals surface area contributed by atoms with E-state index in [9.17, 15) is 4.79 Å². The van der Waals surface area contributed by atoms with Gasteiger partial charge in [0.05, 0.1) is 11.4 Å².